The van der Waals surface area contributed by atoms with E-state index >= 15 is 0 Å². The van der Waals surface area contributed by atoms with Gasteiger partial charge < -0.3 is 15.0 Å². The maximum atomic E-state index is 12.8. The van der Waals surface area contributed by atoms with Crippen LogP contribution < -0.4 is 15.0 Å². The van der Waals surface area contributed by atoms with E-state index in [2.05, 4.69) is 20.2 Å². The molecule has 2 heterocycles. The van der Waals surface area contributed by atoms with Gasteiger partial charge in [0.15, 0.2) is 0 Å². The van der Waals surface area contributed by atoms with Gasteiger partial charge in [-0.25, -0.2) is 9.97 Å². The first-order chi connectivity index (χ1) is 14.6. The number of carbonyl (C=O) groups excluding carboxylic acids is 1. The van der Waals surface area contributed by atoms with E-state index < -0.39 is 0 Å². The molecule has 2 aromatic carbocycles. The third kappa shape index (κ3) is 4.59. The number of nitrogens with one attached hydrogen (secondary N) is 1. The van der Waals surface area contributed by atoms with Crippen molar-refractivity contribution < 1.29 is 9.53 Å². The van der Waals surface area contributed by atoms with Gasteiger partial charge in [-0.1, -0.05) is 24.3 Å². The number of aryl methyl sites for hydroxylation is 1. The van der Waals surface area contributed by atoms with Crippen molar-refractivity contribution in [2.45, 2.75) is 19.8 Å². The molecular weight excluding hydrogens is 376 g/mol. The molecule has 0 bridgehead atoms. The number of benzene rings is 2. The number of hydrogen-bond donors (Lipinski definition) is 1. The van der Waals surface area contributed by atoms with Crippen LogP contribution in [0, 0.1) is 12.8 Å². The number of hydrogen-bond acceptors (Lipinski definition) is 5. The highest BCUT2D eigenvalue weighted by Crippen LogP contribution is 2.27. The Morgan fingerprint density at radius 2 is 1.77 bits per heavy atom. The van der Waals surface area contributed by atoms with Crippen molar-refractivity contribution in [1.29, 1.82) is 0 Å². The number of rotatable bonds is 5. The fourth-order valence-corrected chi connectivity index (χ4v) is 3.81. The number of aromatic nitrogens is 2. The summed E-state index contributed by atoms with van der Waals surface area (Å²) in [6.45, 7) is 3.60. The first-order valence-corrected chi connectivity index (χ1v) is 10.2. The first kappa shape index (κ1) is 19.9. The lowest BCUT2D eigenvalue weighted by molar-refractivity contribution is -0.120. The number of piperidine rings is 1. The van der Waals surface area contributed by atoms with Crippen LogP contribution in [0.4, 0.5) is 11.5 Å². The zero-order valence-electron chi connectivity index (χ0n) is 17.3. The van der Waals surface area contributed by atoms with Crippen LogP contribution in [0.5, 0.6) is 5.75 Å². The first-order valence-electron chi connectivity index (χ1n) is 10.2. The number of methoxy groups -OCH3 is 1. The largest absolute Gasteiger partial charge is 0.497 e. The van der Waals surface area contributed by atoms with Crippen molar-refractivity contribution in [2.75, 3.05) is 30.4 Å². The van der Waals surface area contributed by atoms with E-state index in [9.17, 15) is 4.79 Å². The maximum Gasteiger partial charge on any atom is 0.227 e. The molecule has 30 heavy (non-hydrogen) atoms. The SMILES string of the molecule is COc1cccc(-c2cccc(NC(=O)C3CCN(c4cc(C)ncn4)CC3)c2)c1. The molecule has 3 aromatic rings. The summed E-state index contributed by atoms with van der Waals surface area (Å²) >= 11 is 0. The fourth-order valence-electron chi connectivity index (χ4n) is 3.81. The molecule has 0 unspecified atom stereocenters. The summed E-state index contributed by atoms with van der Waals surface area (Å²) in [5.74, 6) is 1.83. The molecule has 6 nitrogen and oxygen atoms in total. The van der Waals surface area contributed by atoms with Gasteiger partial charge in [0.2, 0.25) is 5.91 Å². The highest BCUT2D eigenvalue weighted by Gasteiger charge is 2.25. The minimum Gasteiger partial charge on any atom is -0.497 e. The van der Waals surface area contributed by atoms with Crippen LogP contribution in [-0.2, 0) is 4.79 Å². The topological polar surface area (TPSA) is 67.3 Å². The quantitative estimate of drug-likeness (QED) is 0.689. The molecule has 1 N–H and O–H groups in total. The highest BCUT2D eigenvalue weighted by atomic mass is 16.5. The van der Waals surface area contributed by atoms with Gasteiger partial charge in [-0.2, -0.15) is 0 Å². The van der Waals surface area contributed by atoms with Gasteiger partial charge in [-0.05, 0) is 55.2 Å². The number of anilines is 2. The van der Waals surface area contributed by atoms with Crippen LogP contribution in [-0.4, -0.2) is 36.1 Å². The summed E-state index contributed by atoms with van der Waals surface area (Å²) in [5, 5.41) is 3.10. The van der Waals surface area contributed by atoms with Crippen LogP contribution in [0.3, 0.4) is 0 Å². The molecule has 1 saturated heterocycles. The van der Waals surface area contributed by atoms with Crippen molar-refractivity contribution in [1.82, 2.24) is 9.97 Å². The number of carbonyl (C=O) groups is 1. The summed E-state index contributed by atoms with van der Waals surface area (Å²) in [4.78, 5) is 23.6. The molecule has 0 radical (unpaired) electrons. The normalized spacial score (nSPS) is 14.4. The van der Waals surface area contributed by atoms with E-state index in [1.807, 2.05) is 61.5 Å². The summed E-state index contributed by atoms with van der Waals surface area (Å²) in [6, 6.07) is 17.8. The predicted molar refractivity (Wildman–Crippen MR) is 119 cm³/mol. The Hall–Kier alpha value is -3.41. The van der Waals surface area contributed by atoms with Gasteiger partial charge in [-0.3, -0.25) is 4.79 Å². The Balaban J connectivity index is 1.39. The van der Waals surface area contributed by atoms with E-state index in [0.29, 0.717) is 0 Å². The molecule has 0 spiro atoms. The minimum absolute atomic E-state index is 0.00431. The van der Waals surface area contributed by atoms with Crippen molar-refractivity contribution in [3.05, 3.63) is 66.6 Å². The molecule has 0 atom stereocenters. The Morgan fingerprint density at radius 1 is 1.03 bits per heavy atom. The third-order valence-corrected chi connectivity index (χ3v) is 5.51. The Morgan fingerprint density at radius 3 is 2.50 bits per heavy atom. The highest BCUT2D eigenvalue weighted by molar-refractivity contribution is 5.93. The lowest BCUT2D eigenvalue weighted by Gasteiger charge is -2.32. The molecule has 1 aliphatic heterocycles. The minimum atomic E-state index is 0.00431. The van der Waals surface area contributed by atoms with Gasteiger partial charge in [-0.15, -0.1) is 0 Å². The monoisotopic (exact) mass is 402 g/mol. The lowest BCUT2D eigenvalue weighted by atomic mass is 9.95. The Bertz CT molecular complexity index is 1030. The molecule has 1 aromatic heterocycles. The van der Waals surface area contributed by atoms with E-state index in [-0.39, 0.29) is 11.8 Å². The van der Waals surface area contributed by atoms with Crippen LogP contribution >= 0.6 is 0 Å². The second-order valence-corrected chi connectivity index (χ2v) is 7.58. The molecule has 4 rings (SSSR count). The van der Waals surface area contributed by atoms with E-state index in [0.717, 1.165) is 60.0 Å². The summed E-state index contributed by atoms with van der Waals surface area (Å²) in [6.07, 6.45) is 3.22. The zero-order valence-corrected chi connectivity index (χ0v) is 17.3. The summed E-state index contributed by atoms with van der Waals surface area (Å²) in [7, 11) is 1.66. The van der Waals surface area contributed by atoms with Gasteiger partial charge in [0.1, 0.15) is 17.9 Å². The molecule has 0 aliphatic carbocycles. The molecule has 1 amide bonds. The lowest BCUT2D eigenvalue weighted by Crippen LogP contribution is -2.38. The molecule has 1 aliphatic rings. The molecular formula is C24H26N4O2. The van der Waals surface area contributed by atoms with E-state index in [4.69, 9.17) is 4.74 Å². The molecule has 154 valence electrons. The van der Waals surface area contributed by atoms with Gasteiger partial charge in [0.25, 0.3) is 0 Å². The van der Waals surface area contributed by atoms with Gasteiger partial charge in [0, 0.05) is 36.5 Å². The maximum absolute atomic E-state index is 12.8. The number of amides is 1. The second-order valence-electron chi connectivity index (χ2n) is 7.58. The van der Waals surface area contributed by atoms with Crippen molar-refractivity contribution in [3.63, 3.8) is 0 Å². The second kappa shape index (κ2) is 8.95. The van der Waals surface area contributed by atoms with Crippen molar-refractivity contribution in [3.8, 4) is 16.9 Å². The Kier molecular flexibility index (Phi) is 5.93. The standard InChI is InChI=1S/C24H26N4O2/c1-17-13-23(26-16-25-17)28-11-9-18(10-12-28)24(29)27-21-7-3-5-19(14-21)20-6-4-8-22(15-20)30-2/h3-8,13-16,18H,9-12H2,1-2H3,(H,27,29). The van der Waals surface area contributed by atoms with Gasteiger partial charge >= 0.3 is 0 Å². The van der Waals surface area contributed by atoms with Crippen molar-refractivity contribution in [2.24, 2.45) is 5.92 Å². The summed E-state index contributed by atoms with van der Waals surface area (Å²) in [5.41, 5.74) is 3.87. The van der Waals surface area contributed by atoms with Crippen LogP contribution in [0.1, 0.15) is 18.5 Å². The third-order valence-electron chi connectivity index (χ3n) is 5.51. The van der Waals surface area contributed by atoms with Crippen LogP contribution in [0.25, 0.3) is 11.1 Å². The van der Waals surface area contributed by atoms with E-state index in [1.54, 1.807) is 13.4 Å². The smallest absolute Gasteiger partial charge is 0.227 e. The van der Waals surface area contributed by atoms with Crippen LogP contribution in [0.2, 0.25) is 0 Å². The average Bonchev–Trinajstić information content (AvgIpc) is 2.79. The molecule has 0 saturated carbocycles. The van der Waals surface area contributed by atoms with Crippen LogP contribution in [0.15, 0.2) is 60.9 Å². The van der Waals surface area contributed by atoms with Crippen molar-refractivity contribution >= 4 is 17.4 Å². The summed E-state index contributed by atoms with van der Waals surface area (Å²) < 4.78 is 5.32. The number of nitrogens with zero attached hydrogens (tertiary/aromatic N) is 3. The average molecular weight is 402 g/mol. The molecule has 1 fully saturated rings. The van der Waals surface area contributed by atoms with Gasteiger partial charge in [0.05, 0.1) is 7.11 Å². The fraction of sp³-hybridized carbons (Fsp3) is 0.292. The predicted octanol–water partition coefficient (Wildman–Crippen LogP) is 4.32. The number of ether oxygens (including phenoxy) is 1. The molecule has 6 heteroatoms. The Labute approximate surface area is 176 Å². The zero-order chi connectivity index (χ0) is 20.9. The van der Waals surface area contributed by atoms with E-state index in [1.165, 1.54) is 0 Å².